The summed E-state index contributed by atoms with van der Waals surface area (Å²) in [5.41, 5.74) is 0.967. The molecule has 1 aromatic rings. The summed E-state index contributed by atoms with van der Waals surface area (Å²) in [7, 11) is 0. The number of Topliss-reactive ketones (excluding diaryl/α,β-unsaturated/α-hetero) is 1. The van der Waals surface area contributed by atoms with Crippen LogP contribution in [0.3, 0.4) is 0 Å². The number of benzene rings is 1. The van der Waals surface area contributed by atoms with Crippen LogP contribution in [0.5, 0.6) is 0 Å². The lowest BCUT2D eigenvalue weighted by Gasteiger charge is -2.23. The Kier molecular flexibility index (Phi) is 5.75. The normalized spacial score (nSPS) is 17.8. The Labute approximate surface area is 124 Å². The Morgan fingerprint density at radius 2 is 2.05 bits per heavy atom. The van der Waals surface area contributed by atoms with E-state index in [4.69, 9.17) is 9.47 Å². The number of nitrogens with zero attached hydrogens (tertiary/aromatic N) is 1. The summed E-state index contributed by atoms with van der Waals surface area (Å²) in [5.74, 6) is -0.00815. The van der Waals surface area contributed by atoms with Gasteiger partial charge in [-0.2, -0.15) is 0 Å². The molecular weight excluding hydrogens is 270 g/mol. The van der Waals surface area contributed by atoms with Gasteiger partial charge in [0.2, 0.25) is 0 Å². The van der Waals surface area contributed by atoms with Gasteiger partial charge in [-0.3, -0.25) is 4.79 Å². The first-order valence-electron chi connectivity index (χ1n) is 7.21. The molecule has 0 saturated carbocycles. The van der Waals surface area contributed by atoms with E-state index >= 15 is 0 Å². The molecule has 0 spiro atoms. The van der Waals surface area contributed by atoms with E-state index in [-0.39, 0.29) is 31.1 Å². The highest BCUT2D eigenvalue weighted by Crippen LogP contribution is 2.19. The van der Waals surface area contributed by atoms with Crippen LogP contribution in [0.2, 0.25) is 0 Å². The summed E-state index contributed by atoms with van der Waals surface area (Å²) >= 11 is 0. The van der Waals surface area contributed by atoms with E-state index in [2.05, 4.69) is 0 Å². The number of ether oxygens (including phenoxy) is 2. The van der Waals surface area contributed by atoms with Gasteiger partial charge in [0.1, 0.15) is 13.2 Å². The van der Waals surface area contributed by atoms with E-state index < -0.39 is 0 Å². The Morgan fingerprint density at radius 1 is 1.29 bits per heavy atom. The van der Waals surface area contributed by atoms with Crippen molar-refractivity contribution in [2.45, 2.75) is 32.4 Å². The smallest absolute Gasteiger partial charge is 0.410 e. The molecule has 1 fully saturated rings. The van der Waals surface area contributed by atoms with Crippen LogP contribution in [-0.2, 0) is 20.9 Å². The first-order valence-corrected chi connectivity index (χ1v) is 7.21. The molecule has 1 saturated heterocycles. The molecule has 0 aromatic heterocycles. The lowest BCUT2D eigenvalue weighted by molar-refractivity contribution is -0.121. The van der Waals surface area contributed by atoms with E-state index in [9.17, 15) is 9.59 Å². The molecule has 1 aliphatic rings. The number of hydrogen-bond acceptors (Lipinski definition) is 4. The van der Waals surface area contributed by atoms with Crippen molar-refractivity contribution in [1.29, 1.82) is 0 Å². The largest absolute Gasteiger partial charge is 0.445 e. The molecular formula is C16H21NO4. The van der Waals surface area contributed by atoms with E-state index in [0.29, 0.717) is 13.2 Å². The highest BCUT2D eigenvalue weighted by atomic mass is 16.6. The van der Waals surface area contributed by atoms with Gasteiger partial charge in [-0.1, -0.05) is 30.3 Å². The van der Waals surface area contributed by atoms with Crippen LogP contribution < -0.4 is 0 Å². The van der Waals surface area contributed by atoms with Gasteiger partial charge in [-0.15, -0.1) is 0 Å². The minimum Gasteiger partial charge on any atom is -0.445 e. The van der Waals surface area contributed by atoms with Crippen molar-refractivity contribution in [2.75, 3.05) is 19.8 Å². The topological polar surface area (TPSA) is 55.8 Å². The monoisotopic (exact) mass is 291 g/mol. The quantitative estimate of drug-likeness (QED) is 0.807. The fourth-order valence-electron chi connectivity index (χ4n) is 2.39. The number of carbonyl (C=O) groups is 2. The third-order valence-corrected chi connectivity index (χ3v) is 3.43. The van der Waals surface area contributed by atoms with Gasteiger partial charge in [0, 0.05) is 6.54 Å². The lowest BCUT2D eigenvalue weighted by Crippen LogP contribution is -2.38. The number of ketones is 1. The van der Waals surface area contributed by atoms with Crippen LogP contribution in [0.15, 0.2) is 30.3 Å². The van der Waals surface area contributed by atoms with Crippen molar-refractivity contribution in [3.63, 3.8) is 0 Å². The minimum atomic E-state index is -0.312. The molecule has 0 bridgehead atoms. The average molecular weight is 291 g/mol. The molecule has 2 rings (SSSR count). The van der Waals surface area contributed by atoms with Crippen molar-refractivity contribution in [3.8, 4) is 0 Å². The molecule has 0 radical (unpaired) electrons. The molecule has 1 amide bonds. The van der Waals surface area contributed by atoms with Crippen molar-refractivity contribution >= 4 is 11.9 Å². The Hall–Kier alpha value is -1.88. The van der Waals surface area contributed by atoms with Gasteiger partial charge in [-0.05, 0) is 25.3 Å². The molecule has 1 heterocycles. The van der Waals surface area contributed by atoms with Gasteiger partial charge in [-0.25, -0.2) is 4.79 Å². The van der Waals surface area contributed by atoms with Crippen LogP contribution in [-0.4, -0.2) is 42.6 Å². The van der Waals surface area contributed by atoms with Gasteiger partial charge < -0.3 is 14.4 Å². The lowest BCUT2D eigenvalue weighted by atomic mass is 10.2. The van der Waals surface area contributed by atoms with Crippen LogP contribution in [0.4, 0.5) is 4.79 Å². The predicted octanol–water partition coefficient (Wildman–Crippen LogP) is 2.39. The maximum Gasteiger partial charge on any atom is 0.410 e. The molecule has 5 nitrogen and oxygen atoms in total. The first-order chi connectivity index (χ1) is 10.2. The summed E-state index contributed by atoms with van der Waals surface area (Å²) < 4.78 is 10.7. The van der Waals surface area contributed by atoms with Crippen molar-refractivity contribution < 1.29 is 19.1 Å². The Bertz CT molecular complexity index is 474. The second-order valence-electron chi connectivity index (χ2n) is 5.25. The molecule has 21 heavy (non-hydrogen) atoms. The van der Waals surface area contributed by atoms with E-state index in [1.807, 2.05) is 30.3 Å². The zero-order chi connectivity index (χ0) is 15.1. The van der Waals surface area contributed by atoms with Gasteiger partial charge in [0.15, 0.2) is 5.78 Å². The molecule has 1 aliphatic heterocycles. The van der Waals surface area contributed by atoms with Crippen LogP contribution in [0.25, 0.3) is 0 Å². The Morgan fingerprint density at radius 3 is 2.76 bits per heavy atom. The summed E-state index contributed by atoms with van der Waals surface area (Å²) in [5, 5.41) is 0. The summed E-state index contributed by atoms with van der Waals surface area (Å²) in [4.78, 5) is 24.7. The number of hydrogen-bond donors (Lipinski definition) is 0. The molecule has 5 heteroatoms. The maximum absolute atomic E-state index is 12.1. The standard InChI is InChI=1S/C16H21NO4/c1-13(18)10-20-12-15-8-5-9-17(15)16(19)21-11-14-6-3-2-4-7-14/h2-4,6-7,15H,5,8-12H2,1H3/t15-/m0/s1. The average Bonchev–Trinajstić information content (AvgIpc) is 2.94. The fraction of sp³-hybridized carbons (Fsp3) is 0.500. The summed E-state index contributed by atoms with van der Waals surface area (Å²) in [6.45, 7) is 2.93. The third kappa shape index (κ3) is 4.86. The van der Waals surface area contributed by atoms with E-state index in [1.165, 1.54) is 6.92 Å². The zero-order valence-electron chi connectivity index (χ0n) is 12.3. The van der Waals surface area contributed by atoms with E-state index in [1.54, 1.807) is 4.90 Å². The van der Waals surface area contributed by atoms with Crippen molar-refractivity contribution in [2.24, 2.45) is 0 Å². The molecule has 0 aliphatic carbocycles. The van der Waals surface area contributed by atoms with Crippen LogP contribution in [0.1, 0.15) is 25.3 Å². The van der Waals surface area contributed by atoms with Gasteiger partial charge >= 0.3 is 6.09 Å². The van der Waals surface area contributed by atoms with Crippen molar-refractivity contribution in [3.05, 3.63) is 35.9 Å². The van der Waals surface area contributed by atoms with Crippen molar-refractivity contribution in [1.82, 2.24) is 4.90 Å². The number of carbonyl (C=O) groups excluding carboxylic acids is 2. The Balaban J connectivity index is 1.78. The summed E-state index contributed by atoms with van der Waals surface area (Å²) in [6, 6.07) is 9.60. The summed E-state index contributed by atoms with van der Waals surface area (Å²) in [6.07, 6.45) is 1.51. The minimum absolute atomic E-state index is 0.00706. The zero-order valence-corrected chi connectivity index (χ0v) is 12.3. The van der Waals surface area contributed by atoms with Gasteiger partial charge in [0.05, 0.1) is 12.6 Å². The highest BCUT2D eigenvalue weighted by Gasteiger charge is 2.30. The van der Waals surface area contributed by atoms with Gasteiger partial charge in [0.25, 0.3) is 0 Å². The van der Waals surface area contributed by atoms with E-state index in [0.717, 1.165) is 18.4 Å². The number of likely N-dealkylation sites (tertiary alicyclic amines) is 1. The molecule has 0 unspecified atom stereocenters. The number of rotatable bonds is 6. The third-order valence-electron chi connectivity index (χ3n) is 3.43. The maximum atomic E-state index is 12.1. The molecule has 1 aromatic carbocycles. The van der Waals surface area contributed by atoms with Crippen LogP contribution >= 0.6 is 0 Å². The predicted molar refractivity (Wildman–Crippen MR) is 77.9 cm³/mol. The van der Waals surface area contributed by atoms with Crippen LogP contribution in [0, 0.1) is 0 Å². The number of amides is 1. The fourth-order valence-corrected chi connectivity index (χ4v) is 2.39. The molecule has 0 N–H and O–H groups in total. The first kappa shape index (κ1) is 15.5. The second-order valence-corrected chi connectivity index (χ2v) is 5.25. The SMILES string of the molecule is CC(=O)COC[C@@H]1CCCN1C(=O)OCc1ccccc1. The molecule has 114 valence electrons. The second kappa shape index (κ2) is 7.78. The highest BCUT2D eigenvalue weighted by molar-refractivity contribution is 5.76. The molecule has 1 atom stereocenters.